The molecule has 1 N–H and O–H groups in total. The fourth-order valence-electron chi connectivity index (χ4n) is 3.21. The zero-order valence-corrected chi connectivity index (χ0v) is 18.4. The van der Waals surface area contributed by atoms with Crippen molar-refractivity contribution in [2.45, 2.75) is 13.5 Å². The third kappa shape index (κ3) is 6.18. The number of amides is 1. The van der Waals surface area contributed by atoms with Crippen LogP contribution in [0.25, 0.3) is 0 Å². The summed E-state index contributed by atoms with van der Waals surface area (Å²) in [5.74, 6) is 0.956. The number of carbonyl (C=O) groups excluding carboxylic acids is 1. The van der Waals surface area contributed by atoms with E-state index in [1.54, 1.807) is 0 Å². The van der Waals surface area contributed by atoms with Gasteiger partial charge in [0, 0.05) is 38.3 Å². The average Bonchev–Trinajstić information content (AvgIpc) is 2.77. The first kappa shape index (κ1) is 22.1. The third-order valence-electron chi connectivity index (χ3n) is 4.97. The van der Waals surface area contributed by atoms with Crippen LogP contribution in [-0.2, 0) is 11.3 Å². The molecule has 0 spiro atoms. The highest BCUT2D eigenvalue weighted by Gasteiger charge is 2.19. The van der Waals surface area contributed by atoms with E-state index in [2.05, 4.69) is 22.2 Å². The quantitative estimate of drug-likeness (QED) is 0.654. The molecule has 1 heterocycles. The fourth-order valence-corrected chi connectivity index (χ4v) is 3.52. The summed E-state index contributed by atoms with van der Waals surface area (Å²) in [5.41, 5.74) is 1.97. The molecular formula is C23H29N3O3S. The number of ether oxygens (including phenoxy) is 2. The van der Waals surface area contributed by atoms with Gasteiger partial charge in [-0.05, 0) is 37.7 Å². The predicted molar refractivity (Wildman–Crippen MR) is 122 cm³/mol. The molecule has 0 radical (unpaired) electrons. The standard InChI is InChI=1S/C23H29N3O3S/c1-3-28-21-15-19(23(30)26-13-11-25(2)12-14-26)9-10-20(21)29-17-22(27)24-16-18-7-5-4-6-8-18/h4-10,15H,3,11-14,16-17H2,1-2H3,(H,24,27). The molecule has 1 amide bonds. The van der Waals surface area contributed by atoms with Crippen molar-refractivity contribution in [3.8, 4) is 11.5 Å². The Labute approximate surface area is 183 Å². The Balaban J connectivity index is 1.59. The van der Waals surface area contributed by atoms with Crippen LogP contribution >= 0.6 is 12.2 Å². The minimum Gasteiger partial charge on any atom is -0.490 e. The molecule has 1 fully saturated rings. The van der Waals surface area contributed by atoms with Crippen LogP contribution in [0.5, 0.6) is 11.5 Å². The highest BCUT2D eigenvalue weighted by atomic mass is 32.1. The maximum Gasteiger partial charge on any atom is 0.258 e. The average molecular weight is 428 g/mol. The number of hydrogen-bond acceptors (Lipinski definition) is 5. The first-order valence-corrected chi connectivity index (χ1v) is 10.7. The van der Waals surface area contributed by atoms with Crippen molar-refractivity contribution >= 4 is 23.1 Å². The Bertz CT molecular complexity index is 852. The molecular weight excluding hydrogens is 398 g/mol. The van der Waals surface area contributed by atoms with Gasteiger partial charge in [0.15, 0.2) is 18.1 Å². The Kier molecular flexibility index (Phi) is 8.04. The van der Waals surface area contributed by atoms with Crippen molar-refractivity contribution in [1.82, 2.24) is 15.1 Å². The number of benzene rings is 2. The zero-order valence-electron chi connectivity index (χ0n) is 17.6. The van der Waals surface area contributed by atoms with Gasteiger partial charge >= 0.3 is 0 Å². The minimum absolute atomic E-state index is 0.0742. The molecule has 0 bridgehead atoms. The molecule has 6 nitrogen and oxygen atoms in total. The Morgan fingerprint density at radius 2 is 1.77 bits per heavy atom. The van der Waals surface area contributed by atoms with Crippen LogP contribution in [-0.4, -0.2) is 67.1 Å². The first-order valence-electron chi connectivity index (χ1n) is 10.2. The van der Waals surface area contributed by atoms with Crippen molar-refractivity contribution in [3.05, 3.63) is 59.7 Å². The van der Waals surface area contributed by atoms with Crippen LogP contribution in [0.1, 0.15) is 18.1 Å². The normalized spacial score (nSPS) is 14.3. The Morgan fingerprint density at radius 1 is 1.03 bits per heavy atom. The largest absolute Gasteiger partial charge is 0.490 e. The number of nitrogens with zero attached hydrogens (tertiary/aromatic N) is 2. The first-order chi connectivity index (χ1) is 14.6. The molecule has 3 rings (SSSR count). The van der Waals surface area contributed by atoms with Crippen molar-refractivity contribution < 1.29 is 14.3 Å². The summed E-state index contributed by atoms with van der Waals surface area (Å²) in [6.07, 6.45) is 0. The SMILES string of the molecule is CCOc1cc(C(=S)N2CCN(C)CC2)ccc1OCC(=O)NCc1ccccc1. The number of rotatable bonds is 8. The molecule has 0 atom stereocenters. The van der Waals surface area contributed by atoms with Crippen LogP contribution in [0.3, 0.4) is 0 Å². The molecule has 1 aliphatic heterocycles. The highest BCUT2D eigenvalue weighted by molar-refractivity contribution is 7.80. The van der Waals surface area contributed by atoms with Crippen LogP contribution in [0.2, 0.25) is 0 Å². The van der Waals surface area contributed by atoms with Gasteiger partial charge in [-0.3, -0.25) is 4.79 Å². The topological polar surface area (TPSA) is 54.0 Å². The summed E-state index contributed by atoms with van der Waals surface area (Å²) in [7, 11) is 2.12. The summed E-state index contributed by atoms with van der Waals surface area (Å²) in [5, 5.41) is 2.86. The van der Waals surface area contributed by atoms with E-state index in [0.29, 0.717) is 24.7 Å². The lowest BCUT2D eigenvalue weighted by Gasteiger charge is -2.34. The molecule has 0 aromatic heterocycles. The lowest BCUT2D eigenvalue weighted by Crippen LogP contribution is -2.46. The van der Waals surface area contributed by atoms with E-state index in [9.17, 15) is 4.79 Å². The maximum absolute atomic E-state index is 12.2. The van der Waals surface area contributed by atoms with E-state index in [1.807, 2.05) is 55.5 Å². The van der Waals surface area contributed by atoms with Gasteiger partial charge in [0.1, 0.15) is 4.99 Å². The van der Waals surface area contributed by atoms with Crippen molar-refractivity contribution in [3.63, 3.8) is 0 Å². The van der Waals surface area contributed by atoms with Crippen LogP contribution in [0, 0.1) is 0 Å². The summed E-state index contributed by atoms with van der Waals surface area (Å²) >= 11 is 5.70. The zero-order chi connectivity index (χ0) is 21.3. The van der Waals surface area contributed by atoms with Gasteiger partial charge in [0.25, 0.3) is 5.91 Å². The van der Waals surface area contributed by atoms with E-state index in [-0.39, 0.29) is 12.5 Å². The van der Waals surface area contributed by atoms with Crippen LogP contribution < -0.4 is 14.8 Å². The number of thiocarbonyl (C=S) groups is 1. The third-order valence-corrected chi connectivity index (χ3v) is 5.47. The van der Waals surface area contributed by atoms with Gasteiger partial charge < -0.3 is 24.6 Å². The van der Waals surface area contributed by atoms with Gasteiger partial charge in [-0.25, -0.2) is 0 Å². The summed E-state index contributed by atoms with van der Waals surface area (Å²) in [6, 6.07) is 15.4. The van der Waals surface area contributed by atoms with Gasteiger partial charge in [-0.1, -0.05) is 42.5 Å². The molecule has 0 aliphatic carbocycles. The lowest BCUT2D eigenvalue weighted by atomic mass is 10.1. The molecule has 1 aliphatic rings. The predicted octanol–water partition coefficient (Wildman–Crippen LogP) is 2.70. The van der Waals surface area contributed by atoms with Crippen LogP contribution in [0.4, 0.5) is 0 Å². The summed E-state index contributed by atoms with van der Waals surface area (Å²) < 4.78 is 11.5. The van der Waals surface area contributed by atoms with E-state index in [4.69, 9.17) is 21.7 Å². The highest BCUT2D eigenvalue weighted by Crippen LogP contribution is 2.29. The second-order valence-electron chi connectivity index (χ2n) is 7.24. The fraction of sp³-hybridized carbons (Fsp3) is 0.391. The Hall–Kier alpha value is -2.64. The number of nitrogens with one attached hydrogen (secondary N) is 1. The molecule has 160 valence electrons. The number of hydrogen-bond donors (Lipinski definition) is 1. The van der Waals surface area contributed by atoms with E-state index >= 15 is 0 Å². The van der Waals surface area contributed by atoms with Crippen molar-refractivity contribution in [1.29, 1.82) is 0 Å². The molecule has 0 saturated carbocycles. The van der Waals surface area contributed by atoms with Crippen molar-refractivity contribution in [2.24, 2.45) is 0 Å². The van der Waals surface area contributed by atoms with Crippen LogP contribution in [0.15, 0.2) is 48.5 Å². The molecule has 0 unspecified atom stereocenters. The Morgan fingerprint density at radius 3 is 2.47 bits per heavy atom. The van der Waals surface area contributed by atoms with E-state index in [0.717, 1.165) is 42.3 Å². The second kappa shape index (κ2) is 10.9. The van der Waals surface area contributed by atoms with Crippen molar-refractivity contribution in [2.75, 3.05) is 46.4 Å². The maximum atomic E-state index is 12.2. The van der Waals surface area contributed by atoms with Gasteiger partial charge in [-0.15, -0.1) is 0 Å². The van der Waals surface area contributed by atoms with Gasteiger partial charge in [-0.2, -0.15) is 0 Å². The number of likely N-dealkylation sites (N-methyl/N-ethyl adjacent to an activating group) is 1. The number of piperazine rings is 1. The molecule has 7 heteroatoms. The van der Waals surface area contributed by atoms with Gasteiger partial charge in [0.05, 0.1) is 6.61 Å². The molecule has 2 aromatic carbocycles. The van der Waals surface area contributed by atoms with E-state index < -0.39 is 0 Å². The minimum atomic E-state index is -0.182. The number of carbonyl (C=O) groups is 1. The lowest BCUT2D eigenvalue weighted by molar-refractivity contribution is -0.123. The second-order valence-corrected chi connectivity index (χ2v) is 7.63. The molecule has 30 heavy (non-hydrogen) atoms. The summed E-state index contributed by atoms with van der Waals surface area (Å²) in [4.78, 5) is 17.5. The summed E-state index contributed by atoms with van der Waals surface area (Å²) in [6.45, 7) is 6.64. The van der Waals surface area contributed by atoms with E-state index in [1.165, 1.54) is 0 Å². The smallest absolute Gasteiger partial charge is 0.258 e. The van der Waals surface area contributed by atoms with Gasteiger partial charge in [0.2, 0.25) is 0 Å². The monoisotopic (exact) mass is 427 g/mol. The molecule has 2 aromatic rings. The molecule has 1 saturated heterocycles.